The second-order valence-electron chi connectivity index (χ2n) is 5.27. The number of aryl methyl sites for hydroxylation is 1. The molecule has 0 unspecified atom stereocenters. The molecule has 23 heavy (non-hydrogen) atoms. The summed E-state index contributed by atoms with van der Waals surface area (Å²) in [6, 6.07) is 17.6. The van der Waals surface area contributed by atoms with Gasteiger partial charge in [0.1, 0.15) is 0 Å². The number of imidazole rings is 1. The van der Waals surface area contributed by atoms with Crippen LogP contribution in [0.1, 0.15) is 18.9 Å². The van der Waals surface area contributed by atoms with Crippen LogP contribution in [-0.2, 0) is 11.3 Å². The number of aromatic nitrogens is 2. The molecule has 0 bridgehead atoms. The Bertz CT molecular complexity index is 836. The number of nitrogens with one attached hydrogen (secondary N) is 1. The molecule has 1 N–H and O–H groups in total. The molecular formula is C18H18N4O. The maximum atomic E-state index is 12.0. The third kappa shape index (κ3) is 3.63. The minimum absolute atomic E-state index is 0.113. The highest BCUT2D eigenvalue weighted by molar-refractivity contribution is 5.99. The van der Waals surface area contributed by atoms with Crippen molar-refractivity contribution in [2.75, 3.05) is 0 Å². The molecule has 0 aliphatic heterocycles. The molecule has 0 fully saturated rings. The van der Waals surface area contributed by atoms with E-state index in [0.717, 1.165) is 22.3 Å². The van der Waals surface area contributed by atoms with Gasteiger partial charge in [-0.25, -0.2) is 10.4 Å². The Morgan fingerprint density at radius 1 is 1.13 bits per heavy atom. The van der Waals surface area contributed by atoms with Crippen molar-refractivity contribution >= 4 is 22.7 Å². The maximum absolute atomic E-state index is 12.0. The van der Waals surface area contributed by atoms with E-state index < -0.39 is 0 Å². The third-order valence-corrected chi connectivity index (χ3v) is 3.65. The SMILES string of the molecule is CC(=NNC(=O)CCn1cnc2ccccc21)c1ccccc1. The van der Waals surface area contributed by atoms with E-state index in [9.17, 15) is 4.79 Å². The first-order valence-corrected chi connectivity index (χ1v) is 7.52. The van der Waals surface area contributed by atoms with Crippen molar-refractivity contribution in [1.82, 2.24) is 15.0 Å². The summed E-state index contributed by atoms with van der Waals surface area (Å²) in [6.07, 6.45) is 2.11. The summed E-state index contributed by atoms with van der Waals surface area (Å²) in [6.45, 7) is 2.45. The van der Waals surface area contributed by atoms with E-state index in [-0.39, 0.29) is 5.91 Å². The molecule has 1 heterocycles. The second kappa shape index (κ2) is 6.87. The van der Waals surface area contributed by atoms with Crippen LogP contribution in [-0.4, -0.2) is 21.2 Å². The van der Waals surface area contributed by atoms with Crippen molar-refractivity contribution in [1.29, 1.82) is 0 Å². The average molecular weight is 306 g/mol. The minimum Gasteiger partial charge on any atom is -0.330 e. The van der Waals surface area contributed by atoms with Crippen LogP contribution in [0.2, 0.25) is 0 Å². The first-order chi connectivity index (χ1) is 11.2. The van der Waals surface area contributed by atoms with Crippen molar-refractivity contribution in [2.45, 2.75) is 19.9 Å². The van der Waals surface area contributed by atoms with Gasteiger partial charge in [0, 0.05) is 13.0 Å². The molecule has 0 radical (unpaired) electrons. The van der Waals surface area contributed by atoms with E-state index in [4.69, 9.17) is 0 Å². The zero-order valence-corrected chi connectivity index (χ0v) is 12.9. The number of amides is 1. The Kier molecular flexibility index (Phi) is 4.47. The van der Waals surface area contributed by atoms with Crippen LogP contribution in [0.25, 0.3) is 11.0 Å². The molecule has 0 aliphatic carbocycles. The predicted molar refractivity (Wildman–Crippen MR) is 91.1 cm³/mol. The minimum atomic E-state index is -0.113. The number of para-hydroxylation sites is 2. The van der Waals surface area contributed by atoms with Crippen LogP contribution in [0.15, 0.2) is 66.0 Å². The van der Waals surface area contributed by atoms with Crippen LogP contribution in [0.3, 0.4) is 0 Å². The van der Waals surface area contributed by atoms with Gasteiger partial charge in [0.15, 0.2) is 0 Å². The molecule has 0 aliphatic rings. The molecular weight excluding hydrogens is 288 g/mol. The van der Waals surface area contributed by atoms with Crippen molar-refractivity contribution in [3.05, 3.63) is 66.5 Å². The molecule has 0 atom stereocenters. The van der Waals surface area contributed by atoms with Crippen molar-refractivity contribution in [2.24, 2.45) is 5.10 Å². The number of benzene rings is 2. The standard InChI is InChI=1S/C18H18N4O/c1-14(15-7-3-2-4-8-15)20-21-18(23)11-12-22-13-19-16-9-5-6-10-17(16)22/h2-10,13H,11-12H2,1H3,(H,21,23). The number of hydrogen-bond donors (Lipinski definition) is 1. The van der Waals surface area contributed by atoms with E-state index in [1.54, 1.807) is 6.33 Å². The van der Waals surface area contributed by atoms with Crippen LogP contribution >= 0.6 is 0 Å². The van der Waals surface area contributed by atoms with E-state index in [1.165, 1.54) is 0 Å². The highest BCUT2D eigenvalue weighted by atomic mass is 16.2. The average Bonchev–Trinajstić information content (AvgIpc) is 3.02. The largest absolute Gasteiger partial charge is 0.330 e. The molecule has 3 aromatic rings. The Labute approximate surface area is 134 Å². The number of carbonyl (C=O) groups excluding carboxylic acids is 1. The molecule has 5 heteroatoms. The number of nitrogens with zero attached hydrogens (tertiary/aromatic N) is 3. The summed E-state index contributed by atoms with van der Waals surface area (Å²) in [5.74, 6) is -0.113. The first kappa shape index (κ1) is 15.0. The molecule has 1 amide bonds. The van der Waals surface area contributed by atoms with Crippen LogP contribution in [0.5, 0.6) is 0 Å². The number of fused-ring (bicyclic) bond motifs is 1. The molecule has 1 aromatic heterocycles. The van der Waals surface area contributed by atoms with Crippen molar-refractivity contribution < 1.29 is 4.79 Å². The van der Waals surface area contributed by atoms with Gasteiger partial charge in [-0.3, -0.25) is 4.79 Å². The summed E-state index contributed by atoms with van der Waals surface area (Å²) in [7, 11) is 0. The van der Waals surface area contributed by atoms with Gasteiger partial charge in [0.2, 0.25) is 5.91 Å². The lowest BCUT2D eigenvalue weighted by Gasteiger charge is -2.05. The van der Waals surface area contributed by atoms with Crippen LogP contribution in [0.4, 0.5) is 0 Å². The molecule has 0 spiro atoms. The Hall–Kier alpha value is -2.95. The van der Waals surface area contributed by atoms with Gasteiger partial charge >= 0.3 is 0 Å². The van der Waals surface area contributed by atoms with E-state index in [1.807, 2.05) is 66.1 Å². The summed E-state index contributed by atoms with van der Waals surface area (Å²) in [5, 5.41) is 4.15. The fourth-order valence-corrected chi connectivity index (χ4v) is 2.36. The molecule has 0 saturated carbocycles. The lowest BCUT2D eigenvalue weighted by molar-refractivity contribution is -0.121. The number of carbonyl (C=O) groups is 1. The van der Waals surface area contributed by atoms with E-state index >= 15 is 0 Å². The van der Waals surface area contributed by atoms with Gasteiger partial charge in [-0.15, -0.1) is 0 Å². The highest BCUT2D eigenvalue weighted by Crippen LogP contribution is 2.12. The molecule has 3 rings (SSSR count). The van der Waals surface area contributed by atoms with Gasteiger partial charge in [0.05, 0.1) is 23.1 Å². The maximum Gasteiger partial charge on any atom is 0.241 e. The summed E-state index contributed by atoms with van der Waals surface area (Å²) in [5.41, 5.74) is 6.35. The summed E-state index contributed by atoms with van der Waals surface area (Å²) >= 11 is 0. The molecule has 5 nitrogen and oxygen atoms in total. The summed E-state index contributed by atoms with van der Waals surface area (Å²) < 4.78 is 1.97. The third-order valence-electron chi connectivity index (χ3n) is 3.65. The van der Waals surface area contributed by atoms with E-state index in [2.05, 4.69) is 15.5 Å². The number of rotatable bonds is 5. The van der Waals surface area contributed by atoms with E-state index in [0.29, 0.717) is 13.0 Å². The monoisotopic (exact) mass is 306 g/mol. The normalized spacial score (nSPS) is 11.6. The zero-order chi connectivity index (χ0) is 16.1. The summed E-state index contributed by atoms with van der Waals surface area (Å²) in [4.78, 5) is 16.3. The molecule has 116 valence electrons. The van der Waals surface area contributed by atoms with Gasteiger partial charge < -0.3 is 4.57 Å². The van der Waals surface area contributed by atoms with Crippen molar-refractivity contribution in [3.8, 4) is 0 Å². The second-order valence-corrected chi connectivity index (χ2v) is 5.27. The van der Waals surface area contributed by atoms with Gasteiger partial charge in [0.25, 0.3) is 0 Å². The van der Waals surface area contributed by atoms with Crippen LogP contribution in [0, 0.1) is 0 Å². The quantitative estimate of drug-likeness (QED) is 0.582. The van der Waals surface area contributed by atoms with Gasteiger partial charge in [-0.05, 0) is 24.6 Å². The number of hydrazone groups is 1. The predicted octanol–water partition coefficient (Wildman–Crippen LogP) is 2.97. The lowest BCUT2D eigenvalue weighted by Crippen LogP contribution is -2.20. The molecule has 0 saturated heterocycles. The topological polar surface area (TPSA) is 59.3 Å². The van der Waals surface area contributed by atoms with Gasteiger partial charge in [-0.2, -0.15) is 5.10 Å². The highest BCUT2D eigenvalue weighted by Gasteiger charge is 2.05. The van der Waals surface area contributed by atoms with Gasteiger partial charge in [-0.1, -0.05) is 42.5 Å². The smallest absolute Gasteiger partial charge is 0.241 e. The lowest BCUT2D eigenvalue weighted by atomic mass is 10.1. The Morgan fingerprint density at radius 2 is 1.87 bits per heavy atom. The zero-order valence-electron chi connectivity index (χ0n) is 12.9. The first-order valence-electron chi connectivity index (χ1n) is 7.52. The van der Waals surface area contributed by atoms with Crippen LogP contribution < -0.4 is 5.43 Å². The molecule has 2 aromatic carbocycles. The Morgan fingerprint density at radius 3 is 2.70 bits per heavy atom. The Balaban J connectivity index is 1.58. The number of hydrogen-bond acceptors (Lipinski definition) is 3. The fourth-order valence-electron chi connectivity index (χ4n) is 2.36. The fraction of sp³-hybridized carbons (Fsp3) is 0.167. The van der Waals surface area contributed by atoms with Crippen molar-refractivity contribution in [3.63, 3.8) is 0 Å².